The van der Waals surface area contributed by atoms with Crippen LogP contribution in [0.15, 0.2) is 30.6 Å². The zero-order valence-corrected chi connectivity index (χ0v) is 13.5. The molecule has 1 fully saturated rings. The first-order chi connectivity index (χ1) is 10.3. The lowest BCUT2D eigenvalue weighted by Crippen LogP contribution is -2.32. The minimum Gasteiger partial charge on any atom is -0.481 e. The molecule has 0 radical (unpaired) electrons. The van der Waals surface area contributed by atoms with Crippen LogP contribution in [0.1, 0.15) is 57.6 Å². The molecule has 1 saturated carbocycles. The Morgan fingerprint density at radius 3 is 2.45 bits per heavy atom. The minimum atomic E-state index is -0.702. The van der Waals surface area contributed by atoms with Crippen LogP contribution in [0.25, 0.3) is 10.8 Å². The van der Waals surface area contributed by atoms with Gasteiger partial charge in [-0.15, -0.1) is 0 Å². The van der Waals surface area contributed by atoms with E-state index < -0.39 is 11.4 Å². The van der Waals surface area contributed by atoms with Crippen LogP contribution in [0.4, 0.5) is 0 Å². The molecule has 0 unspecified atom stereocenters. The van der Waals surface area contributed by atoms with Crippen molar-refractivity contribution in [1.29, 1.82) is 0 Å². The van der Waals surface area contributed by atoms with Gasteiger partial charge in [0.2, 0.25) is 0 Å². The number of carboxylic acid groups (broad SMARTS) is 1. The molecule has 1 heterocycles. The molecule has 1 aliphatic rings. The van der Waals surface area contributed by atoms with Gasteiger partial charge in [-0.3, -0.25) is 9.78 Å². The summed E-state index contributed by atoms with van der Waals surface area (Å²) in [5.74, 6) is -0.690. The molecule has 3 nitrogen and oxygen atoms in total. The molecule has 1 aliphatic carbocycles. The number of hydrogen-bond acceptors (Lipinski definition) is 2. The third kappa shape index (κ3) is 2.29. The number of aliphatic carboxylic acids is 1. The smallest absolute Gasteiger partial charge is 0.314 e. The highest BCUT2D eigenvalue weighted by atomic mass is 16.4. The van der Waals surface area contributed by atoms with Crippen LogP contribution in [-0.4, -0.2) is 16.1 Å². The summed E-state index contributed by atoms with van der Waals surface area (Å²) in [4.78, 5) is 16.2. The van der Waals surface area contributed by atoms with E-state index in [2.05, 4.69) is 31.8 Å². The van der Waals surface area contributed by atoms with E-state index in [4.69, 9.17) is 0 Å². The van der Waals surface area contributed by atoms with Crippen LogP contribution in [0, 0.1) is 0 Å². The zero-order chi connectivity index (χ0) is 16.0. The fourth-order valence-corrected chi connectivity index (χ4v) is 3.68. The fraction of sp³-hybridized carbons (Fsp3) is 0.474. The van der Waals surface area contributed by atoms with Crippen molar-refractivity contribution in [2.75, 3.05) is 0 Å². The van der Waals surface area contributed by atoms with E-state index in [-0.39, 0.29) is 5.41 Å². The van der Waals surface area contributed by atoms with Gasteiger partial charge in [-0.05, 0) is 40.8 Å². The molecule has 0 atom stereocenters. The minimum absolute atomic E-state index is 0.0197. The summed E-state index contributed by atoms with van der Waals surface area (Å²) >= 11 is 0. The average molecular weight is 297 g/mol. The lowest BCUT2D eigenvalue weighted by atomic mass is 9.77. The Hall–Kier alpha value is -1.90. The third-order valence-corrected chi connectivity index (χ3v) is 4.99. The molecule has 3 rings (SSSR count). The number of hydrogen-bond donors (Lipinski definition) is 1. The van der Waals surface area contributed by atoms with Crippen molar-refractivity contribution in [3.8, 4) is 0 Å². The number of carboxylic acids is 1. The molecule has 0 saturated heterocycles. The van der Waals surface area contributed by atoms with Gasteiger partial charge in [0.15, 0.2) is 0 Å². The Balaban J connectivity index is 2.17. The second-order valence-electron chi connectivity index (χ2n) is 7.47. The van der Waals surface area contributed by atoms with Crippen LogP contribution in [0.3, 0.4) is 0 Å². The molecule has 116 valence electrons. The van der Waals surface area contributed by atoms with Crippen molar-refractivity contribution in [3.05, 3.63) is 41.7 Å². The van der Waals surface area contributed by atoms with Gasteiger partial charge in [0.25, 0.3) is 0 Å². The first-order valence-electron chi connectivity index (χ1n) is 7.97. The largest absolute Gasteiger partial charge is 0.481 e. The van der Waals surface area contributed by atoms with E-state index >= 15 is 0 Å². The molecule has 0 spiro atoms. The summed E-state index contributed by atoms with van der Waals surface area (Å²) in [5.41, 5.74) is 1.45. The summed E-state index contributed by atoms with van der Waals surface area (Å²) in [6.07, 6.45) is 7.22. The van der Waals surface area contributed by atoms with Crippen LogP contribution in [0.5, 0.6) is 0 Å². The Morgan fingerprint density at radius 1 is 1.18 bits per heavy atom. The van der Waals surface area contributed by atoms with Gasteiger partial charge >= 0.3 is 5.97 Å². The summed E-state index contributed by atoms with van der Waals surface area (Å²) in [5, 5.41) is 12.0. The third-order valence-electron chi connectivity index (χ3n) is 4.99. The first kappa shape index (κ1) is 15.0. The molecule has 0 aliphatic heterocycles. The number of carbonyl (C=O) groups is 1. The number of fused-ring (bicyclic) bond motifs is 1. The molecular formula is C19H23NO2. The Bertz CT molecular complexity index is 722. The van der Waals surface area contributed by atoms with Gasteiger partial charge in [-0.1, -0.05) is 45.7 Å². The van der Waals surface area contributed by atoms with Gasteiger partial charge in [0, 0.05) is 17.8 Å². The average Bonchev–Trinajstić information content (AvgIpc) is 2.96. The molecule has 0 amide bonds. The highest BCUT2D eigenvalue weighted by Gasteiger charge is 2.42. The van der Waals surface area contributed by atoms with Crippen molar-refractivity contribution in [2.45, 2.75) is 57.3 Å². The fourth-order valence-electron chi connectivity index (χ4n) is 3.68. The van der Waals surface area contributed by atoms with Crippen molar-refractivity contribution in [3.63, 3.8) is 0 Å². The summed E-state index contributed by atoms with van der Waals surface area (Å²) in [6, 6.07) is 6.13. The predicted octanol–water partition coefficient (Wildman–Crippen LogP) is 4.43. The number of benzene rings is 1. The van der Waals surface area contributed by atoms with Crippen LogP contribution in [-0.2, 0) is 15.6 Å². The predicted molar refractivity (Wildman–Crippen MR) is 88.2 cm³/mol. The summed E-state index contributed by atoms with van der Waals surface area (Å²) in [7, 11) is 0. The monoisotopic (exact) mass is 297 g/mol. The molecule has 22 heavy (non-hydrogen) atoms. The van der Waals surface area contributed by atoms with E-state index in [1.165, 1.54) is 10.9 Å². The van der Waals surface area contributed by atoms with Crippen molar-refractivity contribution in [2.24, 2.45) is 0 Å². The van der Waals surface area contributed by atoms with E-state index in [0.717, 1.165) is 36.6 Å². The van der Waals surface area contributed by atoms with Crippen molar-refractivity contribution >= 4 is 16.7 Å². The Morgan fingerprint density at radius 2 is 1.86 bits per heavy atom. The molecule has 0 bridgehead atoms. The lowest BCUT2D eigenvalue weighted by Gasteiger charge is -2.26. The second kappa shape index (κ2) is 5.08. The number of nitrogens with zero attached hydrogens (tertiary/aromatic N) is 1. The maximum Gasteiger partial charge on any atom is 0.314 e. The normalized spacial score (nSPS) is 17.8. The number of rotatable bonds is 2. The van der Waals surface area contributed by atoms with Crippen LogP contribution in [0.2, 0.25) is 0 Å². The van der Waals surface area contributed by atoms with Gasteiger partial charge in [0.1, 0.15) is 0 Å². The SMILES string of the molecule is CC(C)(C)c1cncc2cc(C3(C(=O)O)CCCC3)ccc12. The second-order valence-corrected chi connectivity index (χ2v) is 7.47. The van der Waals surface area contributed by atoms with Gasteiger partial charge in [0.05, 0.1) is 5.41 Å². The zero-order valence-electron chi connectivity index (χ0n) is 13.5. The Kier molecular flexibility index (Phi) is 3.47. The lowest BCUT2D eigenvalue weighted by molar-refractivity contribution is -0.143. The van der Waals surface area contributed by atoms with Gasteiger partial charge < -0.3 is 5.11 Å². The molecule has 1 aromatic heterocycles. The highest BCUT2D eigenvalue weighted by Crippen LogP contribution is 2.42. The standard InChI is InChI=1S/C19H23NO2/c1-18(2,3)16-12-20-11-13-10-14(6-7-15(13)16)19(17(21)22)8-4-5-9-19/h6-7,10-12H,4-5,8-9H2,1-3H3,(H,21,22). The topological polar surface area (TPSA) is 50.2 Å². The summed E-state index contributed by atoms with van der Waals surface area (Å²) in [6.45, 7) is 6.52. The molecule has 2 aromatic rings. The van der Waals surface area contributed by atoms with Crippen LogP contribution < -0.4 is 0 Å². The Labute approximate surface area is 131 Å². The molecule has 1 aromatic carbocycles. The van der Waals surface area contributed by atoms with E-state index in [1.807, 2.05) is 24.5 Å². The first-order valence-corrected chi connectivity index (χ1v) is 7.97. The van der Waals surface area contributed by atoms with E-state index in [1.54, 1.807) is 0 Å². The summed E-state index contributed by atoms with van der Waals surface area (Å²) < 4.78 is 0. The van der Waals surface area contributed by atoms with E-state index in [9.17, 15) is 9.90 Å². The maximum absolute atomic E-state index is 11.9. The maximum atomic E-state index is 11.9. The van der Waals surface area contributed by atoms with Crippen molar-refractivity contribution in [1.82, 2.24) is 4.98 Å². The van der Waals surface area contributed by atoms with Crippen LogP contribution >= 0.6 is 0 Å². The molecular weight excluding hydrogens is 274 g/mol. The number of pyridine rings is 1. The van der Waals surface area contributed by atoms with Crippen molar-refractivity contribution < 1.29 is 9.90 Å². The highest BCUT2D eigenvalue weighted by molar-refractivity contribution is 5.89. The van der Waals surface area contributed by atoms with Gasteiger partial charge in [-0.2, -0.15) is 0 Å². The van der Waals surface area contributed by atoms with Gasteiger partial charge in [-0.25, -0.2) is 0 Å². The molecule has 1 N–H and O–H groups in total. The quantitative estimate of drug-likeness (QED) is 0.892. The number of aromatic nitrogens is 1. The molecule has 3 heteroatoms. The van der Waals surface area contributed by atoms with E-state index in [0.29, 0.717) is 0 Å².